The maximum absolute atomic E-state index is 8.35. The number of nitrogen functional groups attached to an aromatic ring is 1. The van der Waals surface area contributed by atoms with Crippen LogP contribution in [0.5, 0.6) is 0 Å². The summed E-state index contributed by atoms with van der Waals surface area (Å²) < 4.78 is 0. The second kappa shape index (κ2) is 18.8. The number of carbonyl (C=O) groups excluding carboxylic acids is 2. The molecule has 0 aromatic heterocycles. The smallest absolute Gasteiger partial charge is 0.231 e. The number of guanidine groups is 1. The Bertz CT molecular complexity index is 337. The molecule has 8 nitrogen and oxygen atoms in total. The summed E-state index contributed by atoms with van der Waals surface area (Å²) in [5.74, 6) is -0.333. The van der Waals surface area contributed by atoms with Gasteiger partial charge in [-0.2, -0.15) is 0 Å². The van der Waals surface area contributed by atoms with E-state index < -0.39 is 0 Å². The molecule has 9 N–H and O–H groups in total. The van der Waals surface area contributed by atoms with Gasteiger partial charge in [-0.05, 0) is 12.1 Å². The molecule has 1 rings (SSSR count). The molecule has 0 heterocycles. The molecule has 1 aromatic rings. The van der Waals surface area contributed by atoms with Crippen LogP contribution < -0.4 is 17.2 Å². The van der Waals surface area contributed by atoms with Crippen LogP contribution in [0.1, 0.15) is 0 Å². The molecule has 0 unspecified atom stereocenters. The SMILES string of the molecule is N=C(N)N.N=C=O.N=C=O.Nc1ccccc1. The standard InChI is InChI=1S/C6H7N.CH5N3.2CHNO/c7-6-4-2-1-3-5-6;2-1(3)4;2*2-1-3/h1-5H,7H2;(H5,2,3,4);2*2H. The van der Waals surface area contributed by atoms with Gasteiger partial charge in [0.1, 0.15) is 0 Å². The highest BCUT2D eigenvalue weighted by Gasteiger charge is 1.72. The molecule has 0 aliphatic rings. The van der Waals surface area contributed by atoms with Gasteiger partial charge in [0.05, 0.1) is 0 Å². The monoisotopic (exact) mass is 238 g/mol. The predicted molar refractivity (Wildman–Crippen MR) is 63.8 cm³/mol. The Morgan fingerprint density at radius 2 is 1.24 bits per heavy atom. The molecule has 0 spiro atoms. The second-order valence-corrected chi connectivity index (χ2v) is 2.07. The van der Waals surface area contributed by atoms with Crippen LogP contribution in [0.3, 0.4) is 0 Å². The number of nitrogens with two attached hydrogens (primary N) is 3. The van der Waals surface area contributed by atoms with E-state index in [-0.39, 0.29) is 5.96 Å². The molecular formula is C9H14N6O2. The van der Waals surface area contributed by atoms with Crippen LogP contribution in [-0.4, -0.2) is 18.1 Å². The first-order valence-corrected chi connectivity index (χ1v) is 3.93. The molecule has 0 radical (unpaired) electrons. The zero-order chi connectivity index (χ0) is 14.1. The number of benzene rings is 1. The van der Waals surface area contributed by atoms with E-state index in [0.29, 0.717) is 0 Å². The minimum absolute atomic E-state index is 0.333. The largest absolute Gasteiger partial charge is 0.399 e. The molecule has 0 aliphatic heterocycles. The summed E-state index contributed by atoms with van der Waals surface area (Å²) in [7, 11) is 0. The third-order valence-electron chi connectivity index (χ3n) is 0.800. The van der Waals surface area contributed by atoms with Crippen LogP contribution in [0.15, 0.2) is 30.3 Å². The van der Waals surface area contributed by atoms with Gasteiger partial charge < -0.3 is 17.2 Å². The molecular weight excluding hydrogens is 224 g/mol. The minimum Gasteiger partial charge on any atom is -0.399 e. The van der Waals surface area contributed by atoms with Gasteiger partial charge in [0.25, 0.3) is 0 Å². The van der Waals surface area contributed by atoms with Crippen LogP contribution in [0.4, 0.5) is 5.69 Å². The van der Waals surface area contributed by atoms with Crippen molar-refractivity contribution in [3.8, 4) is 0 Å². The van der Waals surface area contributed by atoms with Gasteiger partial charge in [-0.15, -0.1) is 0 Å². The maximum Gasteiger partial charge on any atom is 0.231 e. The lowest BCUT2D eigenvalue weighted by Crippen LogP contribution is -2.20. The quantitative estimate of drug-likeness (QED) is 0.159. The highest BCUT2D eigenvalue weighted by molar-refractivity contribution is 5.71. The number of nitrogens with one attached hydrogen (secondary N) is 3. The first kappa shape index (κ1) is 19.6. The van der Waals surface area contributed by atoms with Gasteiger partial charge in [-0.25, -0.2) is 20.4 Å². The lowest BCUT2D eigenvalue weighted by Gasteiger charge is -1.83. The van der Waals surface area contributed by atoms with Crippen LogP contribution >= 0.6 is 0 Å². The molecule has 0 atom stereocenters. The van der Waals surface area contributed by atoms with E-state index in [2.05, 4.69) is 11.5 Å². The van der Waals surface area contributed by atoms with Gasteiger partial charge in [0.2, 0.25) is 12.2 Å². The summed E-state index contributed by atoms with van der Waals surface area (Å²) >= 11 is 0. The first-order chi connectivity index (χ1) is 7.95. The van der Waals surface area contributed by atoms with Crippen LogP contribution in [0.2, 0.25) is 0 Å². The van der Waals surface area contributed by atoms with Gasteiger partial charge in [-0.1, -0.05) is 18.2 Å². The number of hydrogen-bond donors (Lipinski definition) is 6. The zero-order valence-electron chi connectivity index (χ0n) is 8.94. The zero-order valence-corrected chi connectivity index (χ0v) is 8.94. The fourth-order valence-corrected chi connectivity index (χ4v) is 0.453. The summed E-state index contributed by atoms with van der Waals surface area (Å²) in [4.78, 5) is 16.7. The van der Waals surface area contributed by atoms with Gasteiger partial charge in [0, 0.05) is 5.69 Å². The summed E-state index contributed by atoms with van der Waals surface area (Å²) in [5, 5.41) is 16.9. The third kappa shape index (κ3) is 62.5. The number of isocyanates is 2. The number of para-hydroxylation sites is 1. The summed E-state index contributed by atoms with van der Waals surface area (Å²) in [6, 6.07) is 9.49. The summed E-state index contributed by atoms with van der Waals surface area (Å²) in [6.07, 6.45) is 1.50. The lowest BCUT2D eigenvalue weighted by atomic mass is 10.3. The van der Waals surface area contributed by atoms with E-state index in [0.717, 1.165) is 17.8 Å². The molecule has 92 valence electrons. The Morgan fingerprint density at radius 3 is 1.35 bits per heavy atom. The van der Waals surface area contributed by atoms with Crippen molar-refractivity contribution in [1.29, 1.82) is 16.2 Å². The second-order valence-electron chi connectivity index (χ2n) is 2.07. The molecule has 8 heteroatoms. The average molecular weight is 238 g/mol. The Morgan fingerprint density at radius 1 is 1.00 bits per heavy atom. The third-order valence-corrected chi connectivity index (χ3v) is 0.800. The fraction of sp³-hybridized carbons (Fsp3) is 0. The van der Waals surface area contributed by atoms with Crippen molar-refractivity contribution in [3.05, 3.63) is 30.3 Å². The van der Waals surface area contributed by atoms with Crippen molar-refractivity contribution in [2.75, 3.05) is 5.73 Å². The van der Waals surface area contributed by atoms with E-state index >= 15 is 0 Å². The number of rotatable bonds is 0. The van der Waals surface area contributed by atoms with Gasteiger partial charge in [0.15, 0.2) is 5.96 Å². The Kier molecular flexibility index (Phi) is 21.6. The van der Waals surface area contributed by atoms with Crippen LogP contribution in [0, 0.1) is 16.2 Å². The van der Waals surface area contributed by atoms with Crippen molar-refractivity contribution in [2.24, 2.45) is 11.5 Å². The average Bonchev–Trinajstić information content (AvgIpc) is 2.20. The maximum atomic E-state index is 8.35. The normalized spacial score (nSPS) is 5.88. The Labute approximate surface area is 97.9 Å². The molecule has 0 fully saturated rings. The topological polar surface area (TPSA) is 184 Å². The van der Waals surface area contributed by atoms with Crippen LogP contribution in [-0.2, 0) is 9.59 Å². The van der Waals surface area contributed by atoms with Crippen LogP contribution in [0.25, 0.3) is 0 Å². The molecule has 0 saturated heterocycles. The van der Waals surface area contributed by atoms with E-state index in [1.165, 1.54) is 0 Å². The predicted octanol–water partition coefficient (Wildman–Crippen LogP) is -0.0907. The van der Waals surface area contributed by atoms with Crippen molar-refractivity contribution in [3.63, 3.8) is 0 Å². The first-order valence-electron chi connectivity index (χ1n) is 3.93. The molecule has 1 aromatic carbocycles. The number of anilines is 1. The van der Waals surface area contributed by atoms with E-state index in [1.54, 1.807) is 0 Å². The molecule has 0 bridgehead atoms. The van der Waals surface area contributed by atoms with E-state index in [9.17, 15) is 0 Å². The summed E-state index contributed by atoms with van der Waals surface area (Å²) in [6.45, 7) is 0. The summed E-state index contributed by atoms with van der Waals surface area (Å²) in [5.41, 5.74) is 15.1. The lowest BCUT2D eigenvalue weighted by molar-refractivity contribution is 0.562. The van der Waals surface area contributed by atoms with Crippen molar-refractivity contribution >= 4 is 23.8 Å². The van der Waals surface area contributed by atoms with E-state index in [4.69, 9.17) is 31.6 Å². The Balaban J connectivity index is -0.000000170. The molecule has 0 aliphatic carbocycles. The highest BCUT2D eigenvalue weighted by Crippen LogP contribution is 1.95. The van der Waals surface area contributed by atoms with Crippen molar-refractivity contribution in [2.45, 2.75) is 0 Å². The molecule has 0 amide bonds. The minimum atomic E-state index is -0.333. The van der Waals surface area contributed by atoms with E-state index in [1.807, 2.05) is 30.3 Å². The van der Waals surface area contributed by atoms with Crippen molar-refractivity contribution in [1.82, 2.24) is 0 Å². The molecule has 0 saturated carbocycles. The molecule has 17 heavy (non-hydrogen) atoms. The number of hydrogen-bond acceptors (Lipinski definition) is 6. The highest BCUT2D eigenvalue weighted by atomic mass is 16.1. The van der Waals surface area contributed by atoms with Gasteiger partial charge >= 0.3 is 0 Å². The fourth-order valence-electron chi connectivity index (χ4n) is 0.453. The van der Waals surface area contributed by atoms with Crippen molar-refractivity contribution < 1.29 is 9.59 Å². The van der Waals surface area contributed by atoms with Gasteiger partial charge in [-0.3, -0.25) is 5.41 Å². The Hall–Kier alpha value is -2.95.